The van der Waals surface area contributed by atoms with Crippen LogP contribution in [0.5, 0.6) is 0 Å². The van der Waals surface area contributed by atoms with Crippen molar-refractivity contribution < 1.29 is 24.2 Å². The minimum Gasteiger partial charge on any atom is -0.481 e. The Hall–Kier alpha value is -1.88. The van der Waals surface area contributed by atoms with Gasteiger partial charge < -0.3 is 14.6 Å². The summed E-state index contributed by atoms with van der Waals surface area (Å²) < 4.78 is 10.4. The summed E-state index contributed by atoms with van der Waals surface area (Å²) in [4.78, 5) is 22.8. The number of hydrogen-bond donors (Lipinski definition) is 1. The third kappa shape index (κ3) is 5.84. The van der Waals surface area contributed by atoms with Gasteiger partial charge in [-0.3, -0.25) is 9.59 Å². The van der Waals surface area contributed by atoms with Crippen LogP contribution in [-0.2, 0) is 25.7 Å². The van der Waals surface area contributed by atoms with Gasteiger partial charge in [0.2, 0.25) is 0 Å². The van der Waals surface area contributed by atoms with Gasteiger partial charge >= 0.3 is 11.9 Å². The molecule has 1 rings (SSSR count). The fraction of sp³-hybridized carbons (Fsp3) is 0.467. The summed E-state index contributed by atoms with van der Waals surface area (Å²) in [7, 11) is 0. The van der Waals surface area contributed by atoms with Crippen LogP contribution in [0.15, 0.2) is 30.3 Å². The number of carboxylic acids is 1. The molecule has 1 aromatic carbocycles. The molecular formula is C15H20O5. The number of carbonyl (C=O) groups excluding carboxylic acids is 1. The highest BCUT2D eigenvalue weighted by Crippen LogP contribution is 2.13. The fourth-order valence-electron chi connectivity index (χ4n) is 1.48. The van der Waals surface area contributed by atoms with E-state index in [0.717, 1.165) is 5.56 Å². The van der Waals surface area contributed by atoms with Crippen LogP contribution < -0.4 is 0 Å². The second-order valence-corrected chi connectivity index (χ2v) is 5.43. The molecule has 0 aliphatic carbocycles. The van der Waals surface area contributed by atoms with E-state index in [-0.39, 0.29) is 13.2 Å². The molecule has 0 saturated carbocycles. The van der Waals surface area contributed by atoms with Gasteiger partial charge in [0.15, 0.2) is 5.92 Å². The standard InChI is InChI=1S/C15H20O5/c1-15(2,3)20-14(18)12(13(16)17)10-19-9-11-7-5-4-6-8-11/h4-8,12H,9-10H2,1-3H3,(H,16,17). The Morgan fingerprint density at radius 2 is 1.80 bits per heavy atom. The third-order valence-corrected chi connectivity index (χ3v) is 2.39. The van der Waals surface area contributed by atoms with Crippen LogP contribution >= 0.6 is 0 Å². The van der Waals surface area contributed by atoms with E-state index in [1.54, 1.807) is 20.8 Å². The maximum atomic E-state index is 11.8. The Balaban J connectivity index is 2.51. The summed E-state index contributed by atoms with van der Waals surface area (Å²) in [5.74, 6) is -3.33. The van der Waals surface area contributed by atoms with Crippen molar-refractivity contribution in [3.63, 3.8) is 0 Å². The van der Waals surface area contributed by atoms with Crippen LogP contribution in [0.3, 0.4) is 0 Å². The quantitative estimate of drug-likeness (QED) is 0.639. The first-order chi connectivity index (χ1) is 9.29. The predicted molar refractivity (Wildman–Crippen MR) is 73.1 cm³/mol. The average molecular weight is 280 g/mol. The Labute approximate surface area is 118 Å². The van der Waals surface area contributed by atoms with Crippen molar-refractivity contribution >= 4 is 11.9 Å². The first kappa shape index (κ1) is 16.2. The summed E-state index contributed by atoms with van der Waals surface area (Å²) in [6, 6.07) is 9.33. The first-order valence-corrected chi connectivity index (χ1v) is 6.37. The van der Waals surface area contributed by atoms with Crippen molar-refractivity contribution in [2.45, 2.75) is 33.0 Å². The zero-order chi connectivity index (χ0) is 15.2. The second kappa shape index (κ2) is 7.05. The van der Waals surface area contributed by atoms with Gasteiger partial charge in [-0.2, -0.15) is 0 Å². The first-order valence-electron chi connectivity index (χ1n) is 6.37. The number of ether oxygens (including phenoxy) is 2. The summed E-state index contributed by atoms with van der Waals surface area (Å²) in [5, 5.41) is 9.06. The number of hydrogen-bond acceptors (Lipinski definition) is 4. The average Bonchev–Trinajstić information content (AvgIpc) is 2.33. The van der Waals surface area contributed by atoms with Crippen LogP contribution in [0.25, 0.3) is 0 Å². The van der Waals surface area contributed by atoms with Crippen LogP contribution in [0.1, 0.15) is 26.3 Å². The highest BCUT2D eigenvalue weighted by molar-refractivity contribution is 5.94. The molecule has 0 bridgehead atoms. The van der Waals surface area contributed by atoms with Gasteiger partial charge in [-0.15, -0.1) is 0 Å². The molecule has 1 N–H and O–H groups in total. The number of benzene rings is 1. The highest BCUT2D eigenvalue weighted by Gasteiger charge is 2.31. The molecule has 0 spiro atoms. The number of carboxylic acid groups (broad SMARTS) is 1. The molecule has 1 atom stereocenters. The topological polar surface area (TPSA) is 72.8 Å². The highest BCUT2D eigenvalue weighted by atomic mass is 16.6. The zero-order valence-electron chi connectivity index (χ0n) is 12.0. The van der Waals surface area contributed by atoms with Crippen LogP contribution in [0.4, 0.5) is 0 Å². The molecule has 0 aliphatic heterocycles. The number of esters is 1. The van der Waals surface area contributed by atoms with E-state index in [1.165, 1.54) is 0 Å². The SMILES string of the molecule is CC(C)(C)OC(=O)C(COCc1ccccc1)C(=O)O. The molecule has 0 heterocycles. The van der Waals surface area contributed by atoms with E-state index in [4.69, 9.17) is 14.6 Å². The monoisotopic (exact) mass is 280 g/mol. The Kier molecular flexibility index (Phi) is 5.70. The Morgan fingerprint density at radius 1 is 1.20 bits per heavy atom. The van der Waals surface area contributed by atoms with Gasteiger partial charge in [0.05, 0.1) is 13.2 Å². The predicted octanol–water partition coefficient (Wildman–Crippen LogP) is 2.25. The van der Waals surface area contributed by atoms with Crippen LogP contribution in [-0.4, -0.2) is 29.3 Å². The summed E-state index contributed by atoms with van der Waals surface area (Å²) in [6.45, 7) is 5.12. The van der Waals surface area contributed by atoms with Gasteiger partial charge in [0, 0.05) is 0 Å². The minimum atomic E-state index is -1.31. The molecule has 20 heavy (non-hydrogen) atoms. The minimum absolute atomic E-state index is 0.209. The van der Waals surface area contributed by atoms with E-state index >= 15 is 0 Å². The van der Waals surface area contributed by atoms with E-state index in [0.29, 0.717) is 0 Å². The smallest absolute Gasteiger partial charge is 0.323 e. The van der Waals surface area contributed by atoms with E-state index in [2.05, 4.69) is 0 Å². The zero-order valence-corrected chi connectivity index (χ0v) is 12.0. The van der Waals surface area contributed by atoms with Crippen LogP contribution in [0.2, 0.25) is 0 Å². The van der Waals surface area contributed by atoms with Gasteiger partial charge in [-0.25, -0.2) is 0 Å². The molecule has 5 nitrogen and oxygen atoms in total. The van der Waals surface area contributed by atoms with Gasteiger partial charge in [0.25, 0.3) is 0 Å². The van der Waals surface area contributed by atoms with Crippen molar-refractivity contribution in [1.82, 2.24) is 0 Å². The molecule has 0 saturated heterocycles. The molecule has 0 amide bonds. The summed E-state index contributed by atoms with van der Waals surface area (Å²) in [5.41, 5.74) is 0.199. The molecule has 0 aromatic heterocycles. The van der Waals surface area contributed by atoms with Crippen molar-refractivity contribution in [3.8, 4) is 0 Å². The lowest BCUT2D eigenvalue weighted by Crippen LogP contribution is -2.35. The summed E-state index contributed by atoms with van der Waals surface area (Å²) >= 11 is 0. The second-order valence-electron chi connectivity index (χ2n) is 5.43. The lowest BCUT2D eigenvalue weighted by molar-refractivity contribution is -0.169. The molecule has 0 radical (unpaired) electrons. The van der Waals surface area contributed by atoms with Crippen molar-refractivity contribution in [3.05, 3.63) is 35.9 Å². The number of rotatable bonds is 6. The molecule has 5 heteroatoms. The Morgan fingerprint density at radius 3 is 2.30 bits per heavy atom. The molecule has 1 aromatic rings. The van der Waals surface area contributed by atoms with Crippen molar-refractivity contribution in [2.75, 3.05) is 6.61 Å². The lowest BCUT2D eigenvalue weighted by atomic mass is 10.1. The Bertz CT molecular complexity index is 447. The normalized spacial score (nSPS) is 12.8. The lowest BCUT2D eigenvalue weighted by Gasteiger charge is -2.22. The molecular weight excluding hydrogens is 260 g/mol. The number of carbonyl (C=O) groups is 2. The maximum Gasteiger partial charge on any atom is 0.323 e. The summed E-state index contributed by atoms with van der Waals surface area (Å²) in [6.07, 6.45) is 0. The van der Waals surface area contributed by atoms with Crippen molar-refractivity contribution in [2.24, 2.45) is 5.92 Å². The van der Waals surface area contributed by atoms with Gasteiger partial charge in [-0.1, -0.05) is 30.3 Å². The van der Waals surface area contributed by atoms with Crippen LogP contribution in [0, 0.1) is 5.92 Å². The number of aliphatic carboxylic acids is 1. The molecule has 0 fully saturated rings. The third-order valence-electron chi connectivity index (χ3n) is 2.39. The van der Waals surface area contributed by atoms with Gasteiger partial charge in [0.1, 0.15) is 5.60 Å². The maximum absolute atomic E-state index is 11.8. The van der Waals surface area contributed by atoms with Crippen molar-refractivity contribution in [1.29, 1.82) is 0 Å². The van der Waals surface area contributed by atoms with E-state index in [9.17, 15) is 9.59 Å². The van der Waals surface area contributed by atoms with E-state index in [1.807, 2.05) is 30.3 Å². The van der Waals surface area contributed by atoms with E-state index < -0.39 is 23.5 Å². The molecule has 0 aliphatic rings. The molecule has 1 unspecified atom stereocenters. The molecule has 110 valence electrons. The largest absolute Gasteiger partial charge is 0.481 e. The van der Waals surface area contributed by atoms with Gasteiger partial charge in [-0.05, 0) is 26.3 Å². The fourth-order valence-corrected chi connectivity index (χ4v) is 1.48.